The molecule has 0 amide bonds. The summed E-state index contributed by atoms with van der Waals surface area (Å²) in [5, 5.41) is 4.54. The van der Waals surface area contributed by atoms with E-state index in [0.29, 0.717) is 6.04 Å². The molecule has 1 N–H and O–H groups in total. The zero-order valence-corrected chi connectivity index (χ0v) is 16.2. The Morgan fingerprint density at radius 3 is 2.65 bits per heavy atom. The van der Waals surface area contributed by atoms with Crippen LogP contribution in [0.15, 0.2) is 82.6 Å². The molecule has 0 unspecified atom stereocenters. The van der Waals surface area contributed by atoms with Gasteiger partial charge in [-0.2, -0.15) is 0 Å². The van der Waals surface area contributed by atoms with Crippen molar-refractivity contribution in [3.05, 3.63) is 94.5 Å². The first kappa shape index (κ1) is 17.7. The third-order valence-corrected chi connectivity index (χ3v) is 6.12. The maximum atomic E-state index is 5.97. The van der Waals surface area contributed by atoms with Gasteiger partial charge in [-0.3, -0.25) is 0 Å². The van der Waals surface area contributed by atoms with Gasteiger partial charge in [-0.15, -0.1) is 0 Å². The average molecular weight is 380 g/mol. The predicted molar refractivity (Wildman–Crippen MR) is 111 cm³/mol. The van der Waals surface area contributed by atoms with E-state index < -0.39 is 0 Å². The smallest absolute Gasteiger partial charge is 0.0406 e. The Kier molecular flexibility index (Phi) is 5.64. The second kappa shape index (κ2) is 8.30. The summed E-state index contributed by atoms with van der Waals surface area (Å²) in [6, 6.07) is 26.1. The lowest BCUT2D eigenvalue weighted by Gasteiger charge is -2.26. The summed E-state index contributed by atoms with van der Waals surface area (Å²) < 4.78 is 0. The molecule has 0 radical (unpaired) electrons. The van der Waals surface area contributed by atoms with E-state index in [1.54, 1.807) is 11.8 Å². The molecule has 0 saturated heterocycles. The molecule has 0 bridgehead atoms. The molecule has 0 aliphatic heterocycles. The number of rotatable bonds is 5. The molecule has 1 aliphatic rings. The van der Waals surface area contributed by atoms with Gasteiger partial charge < -0.3 is 5.32 Å². The number of aryl methyl sites for hydroxylation is 1. The van der Waals surface area contributed by atoms with Gasteiger partial charge in [0.1, 0.15) is 0 Å². The summed E-state index contributed by atoms with van der Waals surface area (Å²) in [5.41, 5.74) is 4.31. The van der Waals surface area contributed by atoms with Gasteiger partial charge in [0, 0.05) is 27.4 Å². The Morgan fingerprint density at radius 1 is 0.923 bits per heavy atom. The first-order chi connectivity index (χ1) is 12.8. The molecule has 1 nitrogen and oxygen atoms in total. The maximum absolute atomic E-state index is 5.97. The van der Waals surface area contributed by atoms with E-state index in [1.165, 1.54) is 45.7 Å². The van der Waals surface area contributed by atoms with Gasteiger partial charge in [-0.1, -0.05) is 59.8 Å². The minimum atomic E-state index is 0.465. The summed E-state index contributed by atoms with van der Waals surface area (Å²) in [7, 11) is 0. The minimum absolute atomic E-state index is 0.465. The molecule has 4 rings (SSSR count). The molecule has 1 atom stereocenters. The molecule has 0 aromatic heterocycles. The number of hydrogen-bond donors (Lipinski definition) is 1. The lowest BCUT2D eigenvalue weighted by molar-refractivity contribution is 0.459. The van der Waals surface area contributed by atoms with Crippen LogP contribution in [0.5, 0.6) is 0 Å². The Balaban J connectivity index is 1.42. The lowest BCUT2D eigenvalue weighted by Crippen LogP contribution is -2.24. The van der Waals surface area contributed by atoms with Crippen molar-refractivity contribution in [2.45, 2.75) is 41.6 Å². The van der Waals surface area contributed by atoms with Gasteiger partial charge in [0.15, 0.2) is 0 Å². The lowest BCUT2D eigenvalue weighted by atomic mass is 9.87. The second-order valence-corrected chi connectivity index (χ2v) is 8.31. The van der Waals surface area contributed by atoms with Crippen molar-refractivity contribution in [2.24, 2.45) is 0 Å². The molecular weight excluding hydrogens is 358 g/mol. The zero-order chi connectivity index (χ0) is 17.8. The van der Waals surface area contributed by atoms with Gasteiger partial charge in [-0.05, 0) is 72.4 Å². The second-order valence-electron chi connectivity index (χ2n) is 6.73. The van der Waals surface area contributed by atoms with Crippen molar-refractivity contribution in [2.75, 3.05) is 0 Å². The van der Waals surface area contributed by atoms with E-state index in [1.807, 2.05) is 12.1 Å². The van der Waals surface area contributed by atoms with Crippen molar-refractivity contribution < 1.29 is 0 Å². The highest BCUT2D eigenvalue weighted by atomic mass is 35.5. The molecule has 0 fully saturated rings. The van der Waals surface area contributed by atoms with Crippen LogP contribution in [-0.4, -0.2) is 0 Å². The first-order valence-corrected chi connectivity index (χ1v) is 10.3. The van der Waals surface area contributed by atoms with Crippen molar-refractivity contribution in [3.8, 4) is 0 Å². The molecule has 3 aromatic rings. The summed E-state index contributed by atoms with van der Waals surface area (Å²) in [4.78, 5) is 2.47. The van der Waals surface area contributed by atoms with Crippen LogP contribution in [-0.2, 0) is 13.0 Å². The van der Waals surface area contributed by atoms with Crippen LogP contribution in [0.1, 0.15) is 35.6 Å². The first-order valence-electron chi connectivity index (χ1n) is 9.11. The van der Waals surface area contributed by atoms with E-state index in [4.69, 9.17) is 11.6 Å². The molecule has 1 aliphatic carbocycles. The summed E-state index contributed by atoms with van der Waals surface area (Å²) >= 11 is 7.75. The largest absolute Gasteiger partial charge is 0.306 e. The van der Waals surface area contributed by atoms with Gasteiger partial charge in [-0.25, -0.2) is 0 Å². The number of benzene rings is 3. The molecule has 3 heteroatoms. The highest BCUT2D eigenvalue weighted by Crippen LogP contribution is 2.31. The van der Waals surface area contributed by atoms with E-state index >= 15 is 0 Å². The molecule has 26 heavy (non-hydrogen) atoms. The van der Waals surface area contributed by atoms with Crippen LogP contribution in [0.3, 0.4) is 0 Å². The monoisotopic (exact) mass is 379 g/mol. The van der Waals surface area contributed by atoms with Gasteiger partial charge >= 0.3 is 0 Å². The van der Waals surface area contributed by atoms with Crippen molar-refractivity contribution in [1.29, 1.82) is 0 Å². The predicted octanol–water partition coefficient (Wildman–Crippen LogP) is 6.66. The Labute approximate surface area is 164 Å². The third-order valence-electron chi connectivity index (χ3n) is 4.87. The fraction of sp³-hybridized carbons (Fsp3) is 0.217. The number of nitrogens with one attached hydrogen (secondary N) is 1. The number of halogens is 1. The van der Waals surface area contributed by atoms with Crippen LogP contribution >= 0.6 is 23.4 Å². The summed E-state index contributed by atoms with van der Waals surface area (Å²) in [6.45, 7) is 0.897. The van der Waals surface area contributed by atoms with Crippen molar-refractivity contribution in [1.82, 2.24) is 5.32 Å². The molecule has 132 valence electrons. The van der Waals surface area contributed by atoms with Gasteiger partial charge in [0.25, 0.3) is 0 Å². The molecular formula is C23H22ClNS. The van der Waals surface area contributed by atoms with Crippen LogP contribution in [0.2, 0.25) is 5.02 Å². The Bertz CT molecular complexity index is 875. The molecule has 3 aromatic carbocycles. The van der Waals surface area contributed by atoms with Crippen molar-refractivity contribution in [3.63, 3.8) is 0 Å². The number of hydrogen-bond acceptors (Lipinski definition) is 2. The van der Waals surface area contributed by atoms with E-state index in [9.17, 15) is 0 Å². The highest BCUT2D eigenvalue weighted by molar-refractivity contribution is 7.99. The SMILES string of the molecule is Clc1ccc(Sc2cccc(CN[C@H]3CCCc4ccccc43)c2)cc1. The Hall–Kier alpha value is -1.74. The van der Waals surface area contributed by atoms with Crippen LogP contribution in [0.4, 0.5) is 0 Å². The standard InChI is InChI=1S/C23H22ClNS/c24-19-11-13-20(14-12-19)26-21-8-3-5-17(15-21)16-25-23-10-4-7-18-6-1-2-9-22(18)23/h1-3,5-6,8-9,11-15,23,25H,4,7,10,16H2/t23-/m0/s1. The van der Waals surface area contributed by atoms with Crippen LogP contribution < -0.4 is 5.32 Å². The highest BCUT2D eigenvalue weighted by Gasteiger charge is 2.18. The molecule has 0 saturated carbocycles. The fourth-order valence-corrected chi connectivity index (χ4v) is 4.59. The third kappa shape index (κ3) is 4.32. The Morgan fingerprint density at radius 2 is 1.77 bits per heavy atom. The van der Waals surface area contributed by atoms with Crippen molar-refractivity contribution >= 4 is 23.4 Å². The van der Waals surface area contributed by atoms with E-state index in [-0.39, 0.29) is 0 Å². The topological polar surface area (TPSA) is 12.0 Å². The molecule has 0 heterocycles. The summed E-state index contributed by atoms with van der Waals surface area (Å²) in [5.74, 6) is 0. The number of fused-ring (bicyclic) bond motifs is 1. The average Bonchev–Trinajstić information content (AvgIpc) is 2.68. The van der Waals surface area contributed by atoms with Crippen LogP contribution in [0, 0.1) is 0 Å². The fourth-order valence-electron chi connectivity index (χ4n) is 3.56. The normalized spacial score (nSPS) is 16.3. The summed E-state index contributed by atoms with van der Waals surface area (Å²) in [6.07, 6.45) is 3.69. The quantitative estimate of drug-likeness (QED) is 0.532. The maximum Gasteiger partial charge on any atom is 0.0406 e. The van der Waals surface area contributed by atoms with E-state index in [2.05, 4.69) is 66.0 Å². The zero-order valence-electron chi connectivity index (χ0n) is 14.6. The van der Waals surface area contributed by atoms with Gasteiger partial charge in [0.05, 0.1) is 0 Å². The van der Waals surface area contributed by atoms with Gasteiger partial charge in [0.2, 0.25) is 0 Å². The minimum Gasteiger partial charge on any atom is -0.306 e. The van der Waals surface area contributed by atoms with Crippen LogP contribution in [0.25, 0.3) is 0 Å². The molecule has 0 spiro atoms. The van der Waals surface area contributed by atoms with E-state index in [0.717, 1.165) is 11.6 Å².